The van der Waals surface area contributed by atoms with Crippen LogP contribution in [0, 0.1) is 5.92 Å². The number of anilines is 1. The Kier molecular flexibility index (Phi) is 7.15. The second-order valence-corrected chi connectivity index (χ2v) is 10.7. The number of rotatable bonds is 7. The van der Waals surface area contributed by atoms with E-state index in [2.05, 4.69) is 37.5 Å². The van der Waals surface area contributed by atoms with Crippen molar-refractivity contribution in [3.63, 3.8) is 0 Å². The van der Waals surface area contributed by atoms with Gasteiger partial charge in [-0.25, -0.2) is 9.97 Å². The van der Waals surface area contributed by atoms with E-state index in [1.54, 1.807) is 0 Å². The molecule has 1 saturated heterocycles. The molecule has 2 aliphatic rings. The van der Waals surface area contributed by atoms with Crippen LogP contribution in [0.4, 0.5) is 5.82 Å². The third-order valence-corrected chi connectivity index (χ3v) is 8.28. The Morgan fingerprint density at radius 1 is 1.16 bits per heavy atom. The van der Waals surface area contributed by atoms with Crippen LogP contribution in [0.15, 0.2) is 0 Å². The van der Waals surface area contributed by atoms with Gasteiger partial charge in [-0.1, -0.05) is 40.5 Å². The highest BCUT2D eigenvalue weighted by Gasteiger charge is 2.29. The first-order chi connectivity index (χ1) is 15.0. The van der Waals surface area contributed by atoms with Crippen molar-refractivity contribution >= 4 is 33.3 Å². The van der Waals surface area contributed by atoms with Gasteiger partial charge in [-0.15, -0.1) is 11.3 Å². The summed E-state index contributed by atoms with van der Waals surface area (Å²) in [6.45, 7) is 12.3. The molecule has 3 heterocycles. The molecule has 4 rings (SSSR count). The molecule has 1 fully saturated rings. The molecule has 2 aromatic rings. The van der Waals surface area contributed by atoms with Gasteiger partial charge in [0.2, 0.25) is 5.91 Å². The van der Waals surface area contributed by atoms with E-state index in [9.17, 15) is 4.79 Å². The maximum absolute atomic E-state index is 12.6. The maximum atomic E-state index is 12.6. The summed E-state index contributed by atoms with van der Waals surface area (Å²) in [6.07, 6.45) is 8.64. The van der Waals surface area contributed by atoms with Crippen LogP contribution in [0.5, 0.6) is 0 Å². The highest BCUT2D eigenvalue weighted by atomic mass is 32.1. The molecule has 170 valence electrons. The summed E-state index contributed by atoms with van der Waals surface area (Å²) < 4.78 is 0. The average Bonchev–Trinajstić information content (AvgIpc) is 3.15. The van der Waals surface area contributed by atoms with Crippen LogP contribution < -0.4 is 4.90 Å². The first kappa shape index (κ1) is 22.5. The van der Waals surface area contributed by atoms with Crippen LogP contribution in [0.2, 0.25) is 0 Å². The lowest BCUT2D eigenvalue weighted by atomic mass is 9.89. The van der Waals surface area contributed by atoms with Gasteiger partial charge >= 0.3 is 0 Å². The number of nitrogens with zero attached hydrogens (tertiary/aromatic N) is 4. The summed E-state index contributed by atoms with van der Waals surface area (Å²) in [7, 11) is 0. The standard InChI is InChI=1S/C25H38N4OS/c1-5-7-8-9-21(30)28-12-14-29(15-13-28)24-22-19-11-10-17(3)16-20(19)31-25(22)27-23(26-24)18(4)6-2/h17-18H,5-16H2,1-4H3/t17-,18+/m1/s1. The maximum Gasteiger partial charge on any atom is 0.222 e. The predicted molar refractivity (Wildman–Crippen MR) is 130 cm³/mol. The van der Waals surface area contributed by atoms with Crippen molar-refractivity contribution in [2.24, 2.45) is 5.92 Å². The molecule has 5 nitrogen and oxygen atoms in total. The third kappa shape index (κ3) is 4.74. The van der Waals surface area contributed by atoms with E-state index in [-0.39, 0.29) is 0 Å². The minimum atomic E-state index is 0.322. The van der Waals surface area contributed by atoms with Crippen LogP contribution in [-0.4, -0.2) is 47.0 Å². The Morgan fingerprint density at radius 3 is 2.65 bits per heavy atom. The highest BCUT2D eigenvalue weighted by molar-refractivity contribution is 7.19. The monoisotopic (exact) mass is 442 g/mol. The van der Waals surface area contributed by atoms with Crippen molar-refractivity contribution in [3.05, 3.63) is 16.3 Å². The molecule has 1 amide bonds. The summed E-state index contributed by atoms with van der Waals surface area (Å²) in [6, 6.07) is 0. The van der Waals surface area contributed by atoms with Gasteiger partial charge in [-0.2, -0.15) is 0 Å². The Balaban J connectivity index is 1.60. The first-order valence-corrected chi connectivity index (χ1v) is 13.2. The van der Waals surface area contributed by atoms with Gasteiger partial charge in [-0.05, 0) is 43.6 Å². The molecular formula is C25H38N4OS. The van der Waals surface area contributed by atoms with Crippen LogP contribution >= 0.6 is 11.3 Å². The van der Waals surface area contributed by atoms with Gasteiger partial charge in [0.1, 0.15) is 16.5 Å². The fraction of sp³-hybridized carbons (Fsp3) is 0.720. The van der Waals surface area contributed by atoms with E-state index in [1.807, 2.05) is 11.3 Å². The summed E-state index contributed by atoms with van der Waals surface area (Å²) in [4.78, 5) is 29.9. The minimum Gasteiger partial charge on any atom is -0.352 e. The molecule has 1 aliphatic carbocycles. The average molecular weight is 443 g/mol. The van der Waals surface area contributed by atoms with Gasteiger partial charge in [-0.3, -0.25) is 4.79 Å². The molecule has 1 aliphatic heterocycles. The normalized spacial score (nSPS) is 20.2. The number of aromatic nitrogens is 2. The number of hydrogen-bond donors (Lipinski definition) is 0. The minimum absolute atomic E-state index is 0.322. The van der Waals surface area contributed by atoms with E-state index >= 15 is 0 Å². The van der Waals surface area contributed by atoms with Crippen LogP contribution in [0.3, 0.4) is 0 Å². The van der Waals surface area contributed by atoms with Gasteiger partial charge in [0, 0.05) is 43.4 Å². The number of carbonyl (C=O) groups excluding carboxylic acids is 1. The summed E-state index contributed by atoms with van der Waals surface area (Å²) >= 11 is 1.90. The van der Waals surface area contributed by atoms with Gasteiger partial charge in [0.05, 0.1) is 5.39 Å². The van der Waals surface area contributed by atoms with Crippen molar-refractivity contribution in [1.29, 1.82) is 0 Å². The lowest BCUT2D eigenvalue weighted by molar-refractivity contribution is -0.131. The number of fused-ring (bicyclic) bond motifs is 3. The Bertz CT molecular complexity index is 916. The molecule has 0 bridgehead atoms. The van der Waals surface area contributed by atoms with E-state index in [1.165, 1.54) is 33.5 Å². The Hall–Kier alpha value is -1.69. The Morgan fingerprint density at radius 2 is 1.94 bits per heavy atom. The lowest BCUT2D eigenvalue weighted by Gasteiger charge is -2.36. The number of amides is 1. The zero-order valence-corrected chi connectivity index (χ0v) is 20.6. The van der Waals surface area contributed by atoms with Gasteiger partial charge in [0.25, 0.3) is 0 Å². The molecular weight excluding hydrogens is 404 g/mol. The number of piperazine rings is 1. The van der Waals surface area contributed by atoms with Gasteiger partial charge in [0.15, 0.2) is 0 Å². The third-order valence-electron chi connectivity index (χ3n) is 7.13. The van der Waals surface area contributed by atoms with E-state index in [0.717, 1.165) is 75.8 Å². The van der Waals surface area contributed by atoms with Crippen molar-refractivity contribution in [3.8, 4) is 0 Å². The Labute approximate surface area is 191 Å². The van der Waals surface area contributed by atoms with E-state index in [4.69, 9.17) is 9.97 Å². The molecule has 0 N–H and O–H groups in total. The molecule has 0 aromatic carbocycles. The second kappa shape index (κ2) is 9.85. The molecule has 2 atom stereocenters. The van der Waals surface area contributed by atoms with Crippen molar-refractivity contribution in [2.75, 3.05) is 31.1 Å². The second-order valence-electron chi connectivity index (χ2n) is 9.57. The van der Waals surface area contributed by atoms with Crippen molar-refractivity contribution in [1.82, 2.24) is 14.9 Å². The fourth-order valence-corrected chi connectivity index (χ4v) is 6.21. The van der Waals surface area contributed by atoms with Crippen molar-refractivity contribution in [2.45, 2.75) is 85.0 Å². The summed E-state index contributed by atoms with van der Waals surface area (Å²) in [5.41, 5.74) is 1.50. The van der Waals surface area contributed by atoms with Crippen LogP contribution in [0.1, 0.15) is 88.4 Å². The topological polar surface area (TPSA) is 49.3 Å². The molecule has 2 aromatic heterocycles. The van der Waals surface area contributed by atoms with Crippen molar-refractivity contribution < 1.29 is 4.79 Å². The fourth-order valence-electron chi connectivity index (χ4n) is 4.82. The molecule has 0 spiro atoms. The smallest absolute Gasteiger partial charge is 0.222 e. The van der Waals surface area contributed by atoms with Gasteiger partial charge < -0.3 is 9.80 Å². The molecule has 0 radical (unpaired) electrons. The lowest BCUT2D eigenvalue weighted by Crippen LogP contribution is -2.49. The highest BCUT2D eigenvalue weighted by Crippen LogP contribution is 2.41. The predicted octanol–water partition coefficient (Wildman–Crippen LogP) is 5.56. The van der Waals surface area contributed by atoms with E-state index < -0.39 is 0 Å². The molecule has 0 unspecified atom stereocenters. The quantitative estimate of drug-likeness (QED) is 0.527. The molecule has 0 saturated carbocycles. The SMILES string of the molecule is CCCCCC(=O)N1CCN(c2nc([C@@H](C)CC)nc3sc4c(c23)CC[C@@H](C)C4)CC1. The number of carbonyl (C=O) groups is 1. The molecule has 6 heteroatoms. The number of hydrogen-bond acceptors (Lipinski definition) is 5. The zero-order chi connectivity index (χ0) is 22.0. The number of thiophene rings is 1. The first-order valence-electron chi connectivity index (χ1n) is 12.4. The number of aryl methyl sites for hydroxylation is 1. The van der Waals surface area contributed by atoms with Crippen LogP contribution in [-0.2, 0) is 17.6 Å². The van der Waals surface area contributed by atoms with Crippen LogP contribution in [0.25, 0.3) is 10.2 Å². The largest absolute Gasteiger partial charge is 0.352 e. The zero-order valence-electron chi connectivity index (χ0n) is 19.7. The number of unbranched alkanes of at least 4 members (excludes halogenated alkanes) is 2. The summed E-state index contributed by atoms with van der Waals surface area (Å²) in [5.74, 6) is 3.55. The van der Waals surface area contributed by atoms with E-state index in [0.29, 0.717) is 18.2 Å². The molecule has 31 heavy (non-hydrogen) atoms. The summed E-state index contributed by atoms with van der Waals surface area (Å²) in [5, 5.41) is 1.31.